The van der Waals surface area contributed by atoms with Crippen LogP contribution in [0.4, 0.5) is 4.79 Å². The molecule has 0 aliphatic heterocycles. The van der Waals surface area contributed by atoms with E-state index < -0.39 is 22.6 Å². The molecule has 0 spiro atoms. The van der Waals surface area contributed by atoms with Crippen LogP contribution in [0.3, 0.4) is 0 Å². The molecular formula is C5H9NO4S. The Bertz CT molecular complexity index is 235. The van der Waals surface area contributed by atoms with Crippen molar-refractivity contribution >= 4 is 17.0 Å². The summed E-state index contributed by atoms with van der Waals surface area (Å²) >= 11 is 0. The van der Waals surface area contributed by atoms with Crippen molar-refractivity contribution in [1.29, 1.82) is 0 Å². The van der Waals surface area contributed by atoms with E-state index in [-0.39, 0.29) is 0 Å². The van der Waals surface area contributed by atoms with E-state index in [0.717, 1.165) is 12.8 Å². The number of hydrogen-bond donors (Lipinski definition) is 2. The highest BCUT2D eigenvalue weighted by atomic mass is 32.2. The van der Waals surface area contributed by atoms with Gasteiger partial charge in [-0.3, -0.25) is 0 Å². The lowest BCUT2D eigenvalue weighted by Gasteiger charge is -2.08. The van der Waals surface area contributed by atoms with Gasteiger partial charge >= 0.3 is 6.09 Å². The summed E-state index contributed by atoms with van der Waals surface area (Å²) in [5, 5.41) is 0. The van der Waals surface area contributed by atoms with Crippen molar-refractivity contribution < 1.29 is 17.9 Å². The first-order valence-corrected chi connectivity index (χ1v) is 4.34. The summed E-state index contributed by atoms with van der Waals surface area (Å²) in [7, 11) is -2.89. The van der Waals surface area contributed by atoms with E-state index >= 15 is 0 Å². The van der Waals surface area contributed by atoms with Crippen LogP contribution in [-0.4, -0.2) is 20.1 Å². The molecule has 0 aromatic carbocycles. The van der Waals surface area contributed by atoms with E-state index in [9.17, 15) is 13.2 Å². The zero-order chi connectivity index (χ0) is 8.48. The average molecular weight is 179 g/mol. The van der Waals surface area contributed by atoms with Gasteiger partial charge in [-0.25, -0.2) is 17.9 Å². The Kier molecular flexibility index (Phi) is 2.03. The number of rotatable bonds is 2. The summed E-state index contributed by atoms with van der Waals surface area (Å²) in [6.45, 7) is 1.75. The fraction of sp³-hybridized carbons (Fsp3) is 0.800. The minimum Gasteiger partial charge on any atom is -0.443 e. The standard InChI is InChI=1S/C5H9NO4S/c1-5(2-3-5)10-4(7)6-11(8)9/h11H,2-3H2,1H3,(H,6,7,8,9). The molecule has 0 bridgehead atoms. The molecule has 0 saturated heterocycles. The Morgan fingerprint density at radius 2 is 2.09 bits per heavy atom. The minimum absolute atomic E-state index is 0.421. The predicted octanol–water partition coefficient (Wildman–Crippen LogP) is -0.209. The van der Waals surface area contributed by atoms with E-state index in [1.807, 2.05) is 0 Å². The highest BCUT2D eigenvalue weighted by Crippen LogP contribution is 2.38. The molecule has 0 aromatic heterocycles. The summed E-state index contributed by atoms with van der Waals surface area (Å²) in [6, 6.07) is 0. The summed E-state index contributed by atoms with van der Waals surface area (Å²) in [5.41, 5.74) is -0.421. The number of thiol groups is 1. The van der Waals surface area contributed by atoms with Crippen LogP contribution in [0.5, 0.6) is 0 Å². The third-order valence-corrected chi connectivity index (χ3v) is 1.84. The van der Waals surface area contributed by atoms with Gasteiger partial charge in [0.15, 0.2) is 0 Å². The lowest BCUT2D eigenvalue weighted by Crippen LogP contribution is -2.27. The van der Waals surface area contributed by atoms with Crippen molar-refractivity contribution in [3.05, 3.63) is 0 Å². The molecule has 5 nitrogen and oxygen atoms in total. The monoisotopic (exact) mass is 179 g/mol. The molecule has 1 rings (SSSR count). The average Bonchev–Trinajstić information content (AvgIpc) is 2.44. The first-order chi connectivity index (χ1) is 5.02. The van der Waals surface area contributed by atoms with E-state index in [1.54, 1.807) is 11.6 Å². The minimum atomic E-state index is -2.89. The predicted molar refractivity (Wildman–Crippen MR) is 37.6 cm³/mol. The van der Waals surface area contributed by atoms with Gasteiger partial charge in [0, 0.05) is 0 Å². The second kappa shape index (κ2) is 2.69. The Labute approximate surface area is 65.8 Å². The maximum atomic E-state index is 10.6. The van der Waals surface area contributed by atoms with Gasteiger partial charge in [0.05, 0.1) is 0 Å². The van der Waals surface area contributed by atoms with Crippen molar-refractivity contribution in [1.82, 2.24) is 4.72 Å². The van der Waals surface area contributed by atoms with Crippen LogP contribution in [0, 0.1) is 0 Å². The van der Waals surface area contributed by atoms with Gasteiger partial charge in [-0.1, -0.05) is 0 Å². The molecule has 1 saturated carbocycles. The van der Waals surface area contributed by atoms with Crippen molar-refractivity contribution in [2.24, 2.45) is 0 Å². The summed E-state index contributed by atoms with van der Waals surface area (Å²) in [4.78, 5) is 10.6. The topological polar surface area (TPSA) is 72.5 Å². The van der Waals surface area contributed by atoms with Crippen molar-refractivity contribution in [2.45, 2.75) is 25.4 Å². The molecular weight excluding hydrogens is 170 g/mol. The van der Waals surface area contributed by atoms with Gasteiger partial charge in [-0.05, 0) is 19.8 Å². The van der Waals surface area contributed by atoms with Crippen LogP contribution in [0.15, 0.2) is 0 Å². The van der Waals surface area contributed by atoms with Crippen LogP contribution in [-0.2, 0) is 15.6 Å². The van der Waals surface area contributed by atoms with Crippen LogP contribution in [0.25, 0.3) is 0 Å². The fourth-order valence-corrected chi connectivity index (χ4v) is 0.794. The van der Waals surface area contributed by atoms with Gasteiger partial charge < -0.3 is 4.74 Å². The van der Waals surface area contributed by atoms with Crippen LogP contribution in [0.2, 0.25) is 0 Å². The van der Waals surface area contributed by atoms with Crippen LogP contribution < -0.4 is 4.72 Å². The highest BCUT2D eigenvalue weighted by Gasteiger charge is 2.41. The van der Waals surface area contributed by atoms with Crippen molar-refractivity contribution in [2.75, 3.05) is 0 Å². The SMILES string of the molecule is CC1(OC(=O)N[SH](=O)=O)CC1. The maximum Gasteiger partial charge on any atom is 0.421 e. The quantitative estimate of drug-likeness (QED) is 0.575. The molecule has 6 heteroatoms. The van der Waals surface area contributed by atoms with Crippen LogP contribution in [0.1, 0.15) is 19.8 Å². The number of hydrogen-bond acceptors (Lipinski definition) is 4. The number of carbonyl (C=O) groups is 1. The Morgan fingerprint density at radius 3 is 2.45 bits per heavy atom. The second-order valence-electron chi connectivity index (χ2n) is 2.71. The summed E-state index contributed by atoms with van der Waals surface area (Å²) in [6.07, 6.45) is 0.715. The summed E-state index contributed by atoms with van der Waals surface area (Å²) in [5.74, 6) is 0. The molecule has 0 radical (unpaired) electrons. The zero-order valence-electron chi connectivity index (χ0n) is 5.99. The smallest absolute Gasteiger partial charge is 0.421 e. The lowest BCUT2D eigenvalue weighted by molar-refractivity contribution is 0.0989. The summed E-state index contributed by atoms with van der Waals surface area (Å²) < 4.78 is 26.2. The molecule has 0 atom stereocenters. The van der Waals surface area contributed by atoms with E-state index in [1.165, 1.54) is 0 Å². The van der Waals surface area contributed by atoms with Gasteiger partial charge in [0.25, 0.3) is 0 Å². The molecule has 0 unspecified atom stereocenters. The molecule has 1 amide bonds. The molecule has 1 N–H and O–H groups in total. The Morgan fingerprint density at radius 1 is 1.55 bits per heavy atom. The lowest BCUT2D eigenvalue weighted by atomic mass is 10.4. The molecule has 64 valence electrons. The second-order valence-corrected chi connectivity index (χ2v) is 3.45. The van der Waals surface area contributed by atoms with Crippen molar-refractivity contribution in [3.8, 4) is 0 Å². The fourth-order valence-electron chi connectivity index (χ4n) is 0.599. The zero-order valence-corrected chi connectivity index (χ0v) is 6.89. The Balaban J connectivity index is 2.32. The molecule has 1 aliphatic rings. The molecule has 0 aromatic rings. The Hall–Kier alpha value is -0.780. The van der Waals surface area contributed by atoms with Gasteiger partial charge in [-0.2, -0.15) is 0 Å². The molecule has 1 aliphatic carbocycles. The normalized spacial score (nSPS) is 19.5. The molecule has 11 heavy (non-hydrogen) atoms. The number of nitrogens with one attached hydrogen (secondary N) is 1. The third-order valence-electron chi connectivity index (χ3n) is 1.48. The first-order valence-electron chi connectivity index (χ1n) is 3.16. The van der Waals surface area contributed by atoms with Gasteiger partial charge in [-0.15, -0.1) is 0 Å². The van der Waals surface area contributed by atoms with Crippen molar-refractivity contribution in [3.63, 3.8) is 0 Å². The third kappa shape index (κ3) is 2.75. The van der Waals surface area contributed by atoms with Gasteiger partial charge in [0.2, 0.25) is 10.9 Å². The first kappa shape index (κ1) is 8.32. The van der Waals surface area contributed by atoms with E-state index in [2.05, 4.69) is 0 Å². The molecule has 0 heterocycles. The van der Waals surface area contributed by atoms with E-state index in [0.29, 0.717) is 0 Å². The number of ether oxygens (including phenoxy) is 1. The maximum absolute atomic E-state index is 10.6. The molecule has 1 fully saturated rings. The van der Waals surface area contributed by atoms with Gasteiger partial charge in [0.1, 0.15) is 5.60 Å². The highest BCUT2D eigenvalue weighted by molar-refractivity contribution is 7.70. The largest absolute Gasteiger partial charge is 0.443 e. The number of amides is 1. The van der Waals surface area contributed by atoms with E-state index in [4.69, 9.17) is 4.74 Å². The number of carbonyl (C=O) groups excluding carboxylic acids is 1. The van der Waals surface area contributed by atoms with Crippen LogP contribution >= 0.6 is 0 Å².